The highest BCUT2D eigenvalue weighted by Gasteiger charge is 2.08. The van der Waals surface area contributed by atoms with E-state index in [9.17, 15) is 4.79 Å². The van der Waals surface area contributed by atoms with E-state index in [0.29, 0.717) is 17.4 Å². The number of halogens is 1. The maximum absolute atomic E-state index is 11.9. The smallest absolute Gasteiger partial charge is 0.243 e. The summed E-state index contributed by atoms with van der Waals surface area (Å²) in [6.45, 7) is 0.584. The lowest BCUT2D eigenvalue weighted by Gasteiger charge is -2.04. The SMILES string of the molecule is O=C(Cn1nnc(-c2ccccc2)n1)NCCc1ccc(Cl)cc1. The molecule has 0 atom stereocenters. The van der Waals surface area contributed by atoms with Crippen LogP contribution in [0, 0.1) is 0 Å². The summed E-state index contributed by atoms with van der Waals surface area (Å²) in [6, 6.07) is 17.1. The Bertz CT molecular complexity index is 801. The number of hydrogen-bond acceptors (Lipinski definition) is 4. The van der Waals surface area contributed by atoms with Crippen molar-refractivity contribution in [3.05, 3.63) is 65.2 Å². The van der Waals surface area contributed by atoms with Gasteiger partial charge in [-0.3, -0.25) is 4.79 Å². The monoisotopic (exact) mass is 341 g/mol. The Hall–Kier alpha value is -2.73. The van der Waals surface area contributed by atoms with E-state index in [4.69, 9.17) is 11.6 Å². The lowest BCUT2D eigenvalue weighted by Crippen LogP contribution is -2.30. The van der Waals surface area contributed by atoms with Crippen LogP contribution in [0.15, 0.2) is 54.6 Å². The first-order valence-corrected chi connectivity index (χ1v) is 7.93. The van der Waals surface area contributed by atoms with E-state index >= 15 is 0 Å². The molecule has 0 fully saturated rings. The molecule has 0 spiro atoms. The van der Waals surface area contributed by atoms with Crippen molar-refractivity contribution in [3.8, 4) is 11.4 Å². The Labute approximate surface area is 144 Å². The topological polar surface area (TPSA) is 72.7 Å². The van der Waals surface area contributed by atoms with E-state index in [2.05, 4.69) is 20.7 Å². The summed E-state index contributed by atoms with van der Waals surface area (Å²) in [5.41, 5.74) is 1.98. The molecule has 122 valence electrons. The predicted molar refractivity (Wildman–Crippen MR) is 91.4 cm³/mol. The van der Waals surface area contributed by atoms with Gasteiger partial charge in [0.25, 0.3) is 0 Å². The number of carbonyl (C=O) groups is 1. The zero-order chi connectivity index (χ0) is 16.8. The second-order valence-corrected chi connectivity index (χ2v) is 5.67. The lowest BCUT2D eigenvalue weighted by molar-refractivity contribution is -0.122. The molecule has 0 aliphatic carbocycles. The van der Waals surface area contributed by atoms with Gasteiger partial charge in [-0.1, -0.05) is 54.1 Å². The fraction of sp³-hybridized carbons (Fsp3) is 0.176. The molecule has 1 amide bonds. The molecule has 0 saturated heterocycles. The van der Waals surface area contributed by atoms with Gasteiger partial charge in [0.05, 0.1) is 0 Å². The van der Waals surface area contributed by atoms with Crippen LogP contribution in [0.1, 0.15) is 5.56 Å². The Morgan fingerprint density at radius 2 is 1.83 bits per heavy atom. The van der Waals surface area contributed by atoms with E-state index in [0.717, 1.165) is 17.5 Å². The van der Waals surface area contributed by atoms with E-state index < -0.39 is 0 Å². The van der Waals surface area contributed by atoms with Crippen LogP contribution in [0.4, 0.5) is 0 Å². The molecule has 1 heterocycles. The summed E-state index contributed by atoms with van der Waals surface area (Å²) in [4.78, 5) is 13.2. The number of nitrogens with one attached hydrogen (secondary N) is 1. The highest BCUT2D eigenvalue weighted by atomic mass is 35.5. The number of benzene rings is 2. The second-order valence-electron chi connectivity index (χ2n) is 5.24. The minimum atomic E-state index is -0.152. The molecule has 24 heavy (non-hydrogen) atoms. The minimum absolute atomic E-state index is 0.0421. The number of tetrazole rings is 1. The summed E-state index contributed by atoms with van der Waals surface area (Å²) in [5, 5.41) is 15.6. The molecule has 0 aliphatic heterocycles. The summed E-state index contributed by atoms with van der Waals surface area (Å²) in [6.07, 6.45) is 0.739. The average molecular weight is 342 g/mol. The molecule has 1 N–H and O–H groups in total. The molecule has 0 aliphatic rings. The van der Waals surface area contributed by atoms with Gasteiger partial charge in [0.15, 0.2) is 0 Å². The van der Waals surface area contributed by atoms with Gasteiger partial charge in [-0.2, -0.15) is 4.80 Å². The summed E-state index contributed by atoms with van der Waals surface area (Å²) >= 11 is 5.84. The first-order chi connectivity index (χ1) is 11.7. The van der Waals surface area contributed by atoms with Crippen LogP contribution < -0.4 is 5.32 Å². The highest BCUT2D eigenvalue weighted by molar-refractivity contribution is 6.30. The second kappa shape index (κ2) is 7.70. The lowest BCUT2D eigenvalue weighted by atomic mass is 10.1. The van der Waals surface area contributed by atoms with Gasteiger partial charge in [0, 0.05) is 17.1 Å². The van der Waals surface area contributed by atoms with Crippen LogP contribution >= 0.6 is 11.6 Å². The van der Waals surface area contributed by atoms with Crippen LogP contribution in [0.3, 0.4) is 0 Å². The highest BCUT2D eigenvalue weighted by Crippen LogP contribution is 2.11. The number of rotatable bonds is 6. The molecule has 2 aromatic carbocycles. The van der Waals surface area contributed by atoms with Crippen molar-refractivity contribution < 1.29 is 4.79 Å². The zero-order valence-electron chi connectivity index (χ0n) is 12.9. The van der Waals surface area contributed by atoms with E-state index in [1.165, 1.54) is 4.80 Å². The third-order valence-corrected chi connectivity index (χ3v) is 3.67. The molecule has 7 heteroatoms. The molecular weight excluding hydrogens is 326 g/mol. The molecule has 0 bridgehead atoms. The van der Waals surface area contributed by atoms with Crippen LogP contribution in [0.25, 0.3) is 11.4 Å². The molecule has 0 radical (unpaired) electrons. The fourth-order valence-corrected chi connectivity index (χ4v) is 2.32. The Morgan fingerprint density at radius 1 is 1.08 bits per heavy atom. The third kappa shape index (κ3) is 4.39. The Morgan fingerprint density at radius 3 is 2.58 bits per heavy atom. The molecule has 0 saturated carbocycles. The Kier molecular flexibility index (Phi) is 5.18. The van der Waals surface area contributed by atoms with Crippen LogP contribution in [0.2, 0.25) is 5.02 Å². The van der Waals surface area contributed by atoms with Gasteiger partial charge < -0.3 is 5.32 Å². The summed E-state index contributed by atoms with van der Waals surface area (Å²) < 4.78 is 0. The number of amides is 1. The largest absolute Gasteiger partial charge is 0.354 e. The molecule has 3 rings (SSSR count). The summed E-state index contributed by atoms with van der Waals surface area (Å²) in [7, 11) is 0. The Balaban J connectivity index is 1.48. The van der Waals surface area contributed by atoms with Crippen LogP contribution in [-0.4, -0.2) is 32.7 Å². The van der Waals surface area contributed by atoms with Crippen molar-refractivity contribution in [1.29, 1.82) is 0 Å². The minimum Gasteiger partial charge on any atom is -0.354 e. The van der Waals surface area contributed by atoms with Gasteiger partial charge in [0.2, 0.25) is 11.7 Å². The standard InChI is InChI=1S/C17H16ClN5O/c18-15-8-6-13(7-9-15)10-11-19-16(24)12-23-21-17(20-22-23)14-4-2-1-3-5-14/h1-9H,10-12H2,(H,19,24). The molecule has 3 aromatic rings. The fourth-order valence-electron chi connectivity index (χ4n) is 2.19. The van der Waals surface area contributed by atoms with Crippen LogP contribution in [0.5, 0.6) is 0 Å². The number of aromatic nitrogens is 4. The molecule has 0 unspecified atom stereocenters. The van der Waals surface area contributed by atoms with E-state index in [1.807, 2.05) is 54.6 Å². The first kappa shape index (κ1) is 16.1. The summed E-state index contributed by atoms with van der Waals surface area (Å²) in [5.74, 6) is 0.352. The molecule has 1 aromatic heterocycles. The van der Waals surface area contributed by atoms with Crippen molar-refractivity contribution in [2.75, 3.05) is 6.54 Å². The number of carbonyl (C=O) groups excluding carboxylic acids is 1. The first-order valence-electron chi connectivity index (χ1n) is 7.55. The van der Waals surface area contributed by atoms with Gasteiger partial charge in [-0.15, -0.1) is 10.2 Å². The number of hydrogen-bond donors (Lipinski definition) is 1. The van der Waals surface area contributed by atoms with Gasteiger partial charge in [-0.05, 0) is 29.3 Å². The van der Waals surface area contributed by atoms with Gasteiger partial charge >= 0.3 is 0 Å². The van der Waals surface area contributed by atoms with Crippen molar-refractivity contribution in [1.82, 2.24) is 25.5 Å². The maximum Gasteiger partial charge on any atom is 0.243 e. The quantitative estimate of drug-likeness (QED) is 0.747. The third-order valence-electron chi connectivity index (χ3n) is 3.42. The average Bonchev–Trinajstić information content (AvgIpc) is 3.06. The van der Waals surface area contributed by atoms with Gasteiger partial charge in [0.1, 0.15) is 6.54 Å². The van der Waals surface area contributed by atoms with Crippen LogP contribution in [-0.2, 0) is 17.8 Å². The van der Waals surface area contributed by atoms with Crippen molar-refractivity contribution >= 4 is 17.5 Å². The molecule has 6 nitrogen and oxygen atoms in total. The van der Waals surface area contributed by atoms with Crippen molar-refractivity contribution in [3.63, 3.8) is 0 Å². The predicted octanol–water partition coefficient (Wildman–Crippen LogP) is 2.35. The zero-order valence-corrected chi connectivity index (χ0v) is 13.6. The number of nitrogens with zero attached hydrogens (tertiary/aromatic N) is 4. The van der Waals surface area contributed by atoms with Crippen molar-refractivity contribution in [2.24, 2.45) is 0 Å². The maximum atomic E-state index is 11.9. The normalized spacial score (nSPS) is 10.5. The van der Waals surface area contributed by atoms with E-state index in [1.54, 1.807) is 0 Å². The van der Waals surface area contributed by atoms with Crippen molar-refractivity contribution in [2.45, 2.75) is 13.0 Å². The van der Waals surface area contributed by atoms with Gasteiger partial charge in [-0.25, -0.2) is 0 Å². The van der Waals surface area contributed by atoms with E-state index in [-0.39, 0.29) is 12.5 Å². The molecular formula is C17H16ClN5O.